The molecule has 0 aromatic rings. The molecule has 0 aromatic carbocycles. The Morgan fingerprint density at radius 1 is 1.07 bits per heavy atom. The maximum atomic E-state index is 11.5. The van der Waals surface area contributed by atoms with Gasteiger partial charge in [-0.05, 0) is 20.3 Å². The predicted octanol–water partition coefficient (Wildman–Crippen LogP) is 1.95. The van der Waals surface area contributed by atoms with Crippen molar-refractivity contribution < 1.29 is 41.9 Å². The molecule has 0 fully saturated rings. The zero-order valence-corrected chi connectivity index (χ0v) is 20.4. The Balaban J connectivity index is 0. The Bertz CT molecular complexity index is 655. The Labute approximate surface area is 189 Å². The second-order valence-corrected chi connectivity index (χ2v) is 8.94. The van der Waals surface area contributed by atoms with Crippen molar-refractivity contribution in [3.63, 3.8) is 0 Å². The Hall–Kier alpha value is -1.20. The predicted molar refractivity (Wildman–Crippen MR) is 108 cm³/mol. The van der Waals surface area contributed by atoms with E-state index in [4.69, 9.17) is 14.0 Å². The molecule has 0 heterocycles. The van der Waals surface area contributed by atoms with Crippen LogP contribution in [0.5, 0.6) is 0 Å². The fourth-order valence-corrected chi connectivity index (χ4v) is 3.58. The summed E-state index contributed by atoms with van der Waals surface area (Å²) in [6.45, 7) is 5.92. The van der Waals surface area contributed by atoms with Gasteiger partial charge in [-0.15, -0.1) is 0 Å². The number of carboxylic acid groups (broad SMARTS) is 1. The minimum Gasteiger partial charge on any atom is -0.481 e. The van der Waals surface area contributed by atoms with E-state index in [9.17, 15) is 27.9 Å². The van der Waals surface area contributed by atoms with Crippen LogP contribution in [0.3, 0.4) is 0 Å². The number of esters is 2. The van der Waals surface area contributed by atoms with Gasteiger partial charge in [0.2, 0.25) is 0 Å². The largest absolute Gasteiger partial charge is 0.481 e. The minimum atomic E-state index is -3.72. The van der Waals surface area contributed by atoms with E-state index in [2.05, 4.69) is 0 Å². The van der Waals surface area contributed by atoms with Crippen molar-refractivity contribution in [1.82, 2.24) is 0 Å². The van der Waals surface area contributed by atoms with Crippen LogP contribution in [0, 0.1) is 5.41 Å². The van der Waals surface area contributed by atoms with Gasteiger partial charge in [0.05, 0.1) is 0 Å². The molecule has 1 unspecified atom stereocenters. The van der Waals surface area contributed by atoms with Gasteiger partial charge < -0.3 is 14.6 Å². The third kappa shape index (κ3) is 13.6. The van der Waals surface area contributed by atoms with Gasteiger partial charge >= 0.3 is 84.8 Å². The van der Waals surface area contributed by atoms with Crippen molar-refractivity contribution in [2.75, 3.05) is 13.2 Å². The number of ether oxygens (including phenoxy) is 2. The first-order chi connectivity index (χ1) is 13.4. The monoisotopic (exact) mass is 444 g/mol. The topological polar surface area (TPSA) is 144 Å². The van der Waals surface area contributed by atoms with Crippen molar-refractivity contribution >= 4 is 56.0 Å². The molecule has 2 N–H and O–H groups in total. The van der Waals surface area contributed by atoms with Crippen molar-refractivity contribution in [3.8, 4) is 0 Å². The summed E-state index contributed by atoms with van der Waals surface area (Å²) in [7, 11) is -3.72. The molecule has 0 aromatic heterocycles. The van der Waals surface area contributed by atoms with Crippen LogP contribution in [0.15, 0.2) is 24.3 Å². The quantitative estimate of drug-likeness (QED) is 0.211. The summed E-state index contributed by atoms with van der Waals surface area (Å²) in [6.07, 6.45) is 6.17. The maximum Gasteiger partial charge on any atom is 0.330 e. The van der Waals surface area contributed by atoms with Crippen LogP contribution >= 0.6 is 0 Å². The Kier molecular flexibility index (Phi) is 16.2. The Morgan fingerprint density at radius 2 is 1.48 bits per heavy atom. The zero-order chi connectivity index (χ0) is 23.1. The second-order valence-electron chi connectivity index (χ2n) is 6.28. The van der Waals surface area contributed by atoms with Gasteiger partial charge in [0, 0.05) is 12.2 Å². The molecule has 0 bridgehead atoms. The fourth-order valence-electron chi connectivity index (χ4n) is 1.89. The molecule has 0 aliphatic rings. The number of hydrogen-bond donors (Lipinski definition) is 2. The molecule has 162 valence electrons. The number of aliphatic carboxylic acids is 1. The first-order valence-electron chi connectivity index (χ1n) is 9.18. The summed E-state index contributed by atoms with van der Waals surface area (Å²) in [5.74, 6) is -2.41. The van der Waals surface area contributed by atoms with Gasteiger partial charge in [-0.25, -0.2) is 9.59 Å². The summed E-state index contributed by atoms with van der Waals surface area (Å²) in [5.41, 5.74) is -1.43. The second kappa shape index (κ2) is 15.6. The van der Waals surface area contributed by atoms with Crippen molar-refractivity contribution in [2.45, 2.75) is 49.5 Å². The van der Waals surface area contributed by atoms with Gasteiger partial charge in [-0.3, -0.25) is 4.79 Å². The third-order valence-electron chi connectivity index (χ3n) is 3.85. The van der Waals surface area contributed by atoms with E-state index in [1.807, 2.05) is 0 Å². The third-order valence-corrected chi connectivity index (χ3v) is 7.02. The standard InChI is InChI=1S/C15H22O6.C3H7O3S.Na/c1-4-7-12(16)20-10-15(9-6-3,14(18)19)11-21-13(17)8-5-2;1-3(2)7(4,5)6;/h4-5,7-8H,6,9-11H2,1-3H3,(H,18,19);3H,1H2,2H3,(H,4,5,6);. The van der Waals surface area contributed by atoms with Gasteiger partial charge in [0.15, 0.2) is 0 Å². The smallest absolute Gasteiger partial charge is 0.330 e. The van der Waals surface area contributed by atoms with Crippen LogP contribution in [0.25, 0.3) is 0 Å². The Morgan fingerprint density at radius 3 is 1.69 bits per heavy atom. The number of carboxylic acids is 1. The number of hydrogen-bond acceptors (Lipinski definition) is 7. The average molecular weight is 444 g/mol. The first-order valence-corrected chi connectivity index (χ1v) is 12.1. The molecule has 1 atom stereocenters. The zero-order valence-electron chi connectivity index (χ0n) is 17.6. The van der Waals surface area contributed by atoms with E-state index >= 15 is 0 Å². The van der Waals surface area contributed by atoms with E-state index in [1.54, 1.807) is 20.8 Å². The van der Waals surface area contributed by atoms with Gasteiger partial charge in [-0.2, -0.15) is 0 Å². The molecular formula is C18H29NaO9S. The summed E-state index contributed by atoms with van der Waals surface area (Å²) in [4.78, 5) is 34.2. The molecule has 0 aliphatic carbocycles. The molecule has 0 saturated heterocycles. The van der Waals surface area contributed by atoms with E-state index < -0.39 is 38.7 Å². The van der Waals surface area contributed by atoms with E-state index in [-0.39, 0.29) is 19.6 Å². The van der Waals surface area contributed by atoms with Crippen LogP contribution in [0.2, 0.25) is 3.67 Å². The SMILES string of the molecule is CC([CH2][Na])S(=O)(=O)O.CC=CC(=O)OCC(CCC)(COC(=O)C=CC)C(=O)O. The number of rotatable bonds is 11. The van der Waals surface area contributed by atoms with Crippen LogP contribution in [0.4, 0.5) is 0 Å². The van der Waals surface area contributed by atoms with E-state index in [0.717, 1.165) is 27.9 Å². The van der Waals surface area contributed by atoms with Crippen LogP contribution in [0.1, 0.15) is 40.5 Å². The molecule has 0 amide bonds. The van der Waals surface area contributed by atoms with Crippen LogP contribution in [-0.4, -0.2) is 82.4 Å². The maximum absolute atomic E-state index is 11.5. The van der Waals surface area contributed by atoms with Crippen LogP contribution in [-0.2, 0) is 34.0 Å². The molecule has 0 aliphatic heterocycles. The van der Waals surface area contributed by atoms with Crippen molar-refractivity contribution in [1.29, 1.82) is 0 Å². The fraction of sp³-hybridized carbons (Fsp3) is 0.611. The number of allylic oxidation sites excluding steroid dienone is 2. The van der Waals surface area contributed by atoms with E-state index in [1.165, 1.54) is 31.2 Å². The molecule has 11 heteroatoms. The molecule has 9 nitrogen and oxygen atoms in total. The van der Waals surface area contributed by atoms with Crippen molar-refractivity contribution in [2.24, 2.45) is 5.41 Å². The summed E-state index contributed by atoms with van der Waals surface area (Å²) < 4.78 is 39.0. The molecule has 0 rings (SSSR count). The van der Waals surface area contributed by atoms with Gasteiger partial charge in [-0.1, -0.05) is 25.5 Å². The van der Waals surface area contributed by atoms with Crippen molar-refractivity contribution in [3.05, 3.63) is 24.3 Å². The average Bonchev–Trinajstić information content (AvgIpc) is 2.63. The molecule has 29 heavy (non-hydrogen) atoms. The number of carbonyl (C=O) groups is 3. The summed E-state index contributed by atoms with van der Waals surface area (Å²) in [5, 5.41) is 8.86. The van der Waals surface area contributed by atoms with Gasteiger partial charge in [0.1, 0.15) is 18.6 Å². The minimum absolute atomic E-state index is 0.231. The number of carbonyl (C=O) groups excluding carboxylic acids is 2. The molecule has 0 radical (unpaired) electrons. The van der Waals surface area contributed by atoms with E-state index in [0.29, 0.717) is 10.1 Å². The molecule has 0 saturated carbocycles. The van der Waals surface area contributed by atoms with Crippen LogP contribution < -0.4 is 0 Å². The van der Waals surface area contributed by atoms with Gasteiger partial charge in [0.25, 0.3) is 0 Å². The normalized spacial score (nSPS) is 14.6. The molecular weight excluding hydrogens is 415 g/mol. The summed E-state index contributed by atoms with van der Waals surface area (Å²) >= 11 is 0.814. The first kappa shape index (κ1) is 30.0. The summed E-state index contributed by atoms with van der Waals surface area (Å²) in [6, 6.07) is 0. The molecule has 0 spiro atoms.